The molecule has 0 aromatic heterocycles. The molecule has 0 radical (unpaired) electrons. The van der Waals surface area contributed by atoms with E-state index in [9.17, 15) is 4.79 Å². The third-order valence-electron chi connectivity index (χ3n) is 2.59. The third-order valence-corrected chi connectivity index (χ3v) is 2.95. The molecule has 3 N–H and O–H groups in total. The number of amides is 1. The highest BCUT2D eigenvalue weighted by Gasteiger charge is 2.25. The Bertz CT molecular complexity index is 238. The molecule has 1 amide bonds. The lowest BCUT2D eigenvalue weighted by Crippen LogP contribution is -2.40. The van der Waals surface area contributed by atoms with Gasteiger partial charge in [0.25, 0.3) is 0 Å². The number of thiocarbonyl (C=S) groups is 1. The maximum atomic E-state index is 11.5. The maximum Gasteiger partial charge on any atom is 0.229 e. The maximum absolute atomic E-state index is 11.5. The van der Waals surface area contributed by atoms with Crippen LogP contribution >= 0.6 is 12.2 Å². The number of carbonyl (C=O) groups is 1. The van der Waals surface area contributed by atoms with Gasteiger partial charge in [0.15, 0.2) is 0 Å². The Hall–Kier alpha value is -0.640. The number of nitrogens with two attached hydrogens (primary N) is 1. The standard InChI is InChI=1S/C10H18N2OS/c1-6(5-8-3-4-8)12-10(13)7(2)9(11)14/h6-8H,3-5H2,1-2H3,(H2,11,14)(H,12,13). The SMILES string of the molecule is CC(CC1CC1)NC(=O)C(C)C(N)=S. The summed E-state index contributed by atoms with van der Waals surface area (Å²) in [5.41, 5.74) is 5.40. The van der Waals surface area contributed by atoms with E-state index in [2.05, 4.69) is 5.32 Å². The monoisotopic (exact) mass is 214 g/mol. The molecule has 2 unspecified atom stereocenters. The fourth-order valence-corrected chi connectivity index (χ4v) is 1.52. The molecule has 14 heavy (non-hydrogen) atoms. The smallest absolute Gasteiger partial charge is 0.229 e. The zero-order valence-corrected chi connectivity index (χ0v) is 9.56. The molecule has 3 nitrogen and oxygen atoms in total. The van der Waals surface area contributed by atoms with Crippen LogP contribution in [0.2, 0.25) is 0 Å². The van der Waals surface area contributed by atoms with E-state index in [0.29, 0.717) is 0 Å². The second-order valence-corrected chi connectivity index (χ2v) is 4.68. The van der Waals surface area contributed by atoms with Crippen LogP contribution in [0.3, 0.4) is 0 Å². The fraction of sp³-hybridized carbons (Fsp3) is 0.800. The number of hydrogen-bond acceptors (Lipinski definition) is 2. The van der Waals surface area contributed by atoms with Gasteiger partial charge in [0.1, 0.15) is 0 Å². The average molecular weight is 214 g/mol. The quantitative estimate of drug-likeness (QED) is 0.676. The molecular weight excluding hydrogens is 196 g/mol. The summed E-state index contributed by atoms with van der Waals surface area (Å²) < 4.78 is 0. The second-order valence-electron chi connectivity index (χ2n) is 4.21. The van der Waals surface area contributed by atoms with Gasteiger partial charge in [-0.2, -0.15) is 0 Å². The van der Waals surface area contributed by atoms with Gasteiger partial charge < -0.3 is 11.1 Å². The highest BCUT2D eigenvalue weighted by molar-refractivity contribution is 7.80. The van der Waals surface area contributed by atoms with Crippen LogP contribution in [0.25, 0.3) is 0 Å². The molecule has 0 spiro atoms. The first-order chi connectivity index (χ1) is 6.50. The van der Waals surface area contributed by atoms with E-state index >= 15 is 0 Å². The van der Waals surface area contributed by atoms with E-state index in [4.69, 9.17) is 18.0 Å². The lowest BCUT2D eigenvalue weighted by atomic mass is 10.1. The van der Waals surface area contributed by atoms with Crippen molar-refractivity contribution < 1.29 is 4.79 Å². The third kappa shape index (κ3) is 3.62. The lowest BCUT2D eigenvalue weighted by molar-refractivity contribution is -0.123. The predicted molar refractivity (Wildman–Crippen MR) is 60.9 cm³/mol. The van der Waals surface area contributed by atoms with Crippen molar-refractivity contribution in [3.63, 3.8) is 0 Å². The number of rotatable bonds is 5. The Morgan fingerprint density at radius 1 is 1.57 bits per heavy atom. The minimum absolute atomic E-state index is 0.0503. The highest BCUT2D eigenvalue weighted by atomic mass is 32.1. The van der Waals surface area contributed by atoms with E-state index in [1.807, 2.05) is 6.92 Å². The molecule has 4 heteroatoms. The number of nitrogens with one attached hydrogen (secondary N) is 1. The molecule has 1 aliphatic rings. The number of hydrogen-bond donors (Lipinski definition) is 2. The van der Waals surface area contributed by atoms with Gasteiger partial charge in [-0.05, 0) is 26.2 Å². The average Bonchev–Trinajstić information content (AvgIpc) is 2.86. The Morgan fingerprint density at radius 2 is 2.14 bits per heavy atom. The van der Waals surface area contributed by atoms with Crippen molar-refractivity contribution in [2.24, 2.45) is 17.6 Å². The van der Waals surface area contributed by atoms with E-state index < -0.39 is 0 Å². The molecule has 0 heterocycles. The summed E-state index contributed by atoms with van der Waals surface area (Å²) >= 11 is 4.76. The largest absolute Gasteiger partial charge is 0.393 e. The summed E-state index contributed by atoms with van der Waals surface area (Å²) in [6, 6.07) is 0.242. The van der Waals surface area contributed by atoms with E-state index in [1.165, 1.54) is 12.8 Å². The Labute approximate surface area is 90.4 Å². The molecule has 1 saturated carbocycles. The lowest BCUT2D eigenvalue weighted by Gasteiger charge is -2.16. The summed E-state index contributed by atoms with van der Waals surface area (Å²) in [5.74, 6) is 0.419. The Balaban J connectivity index is 2.27. The first-order valence-corrected chi connectivity index (χ1v) is 5.51. The summed E-state index contributed by atoms with van der Waals surface area (Å²) in [7, 11) is 0. The van der Waals surface area contributed by atoms with Crippen LogP contribution in [-0.4, -0.2) is 16.9 Å². The molecule has 0 saturated heterocycles. The van der Waals surface area contributed by atoms with Gasteiger partial charge in [-0.1, -0.05) is 25.1 Å². The topological polar surface area (TPSA) is 55.1 Å². The zero-order valence-electron chi connectivity index (χ0n) is 8.75. The molecule has 0 aromatic carbocycles. The molecule has 0 bridgehead atoms. The van der Waals surface area contributed by atoms with E-state index in [-0.39, 0.29) is 22.9 Å². The summed E-state index contributed by atoms with van der Waals surface area (Å²) in [6.45, 7) is 3.77. The van der Waals surface area contributed by atoms with Crippen LogP contribution < -0.4 is 11.1 Å². The summed E-state index contributed by atoms with van der Waals surface area (Å²) in [5, 5.41) is 2.93. The van der Waals surface area contributed by atoms with Crippen LogP contribution in [0, 0.1) is 11.8 Å². The van der Waals surface area contributed by atoms with E-state index in [0.717, 1.165) is 12.3 Å². The van der Waals surface area contributed by atoms with Crippen LogP contribution in [0.15, 0.2) is 0 Å². The summed E-state index contributed by atoms with van der Waals surface area (Å²) in [6.07, 6.45) is 3.70. The zero-order chi connectivity index (χ0) is 10.7. The van der Waals surface area contributed by atoms with Crippen molar-refractivity contribution in [3.05, 3.63) is 0 Å². The minimum atomic E-state index is -0.355. The van der Waals surface area contributed by atoms with Crippen LogP contribution in [0.5, 0.6) is 0 Å². The van der Waals surface area contributed by atoms with Crippen molar-refractivity contribution in [1.82, 2.24) is 5.32 Å². The van der Waals surface area contributed by atoms with Crippen LogP contribution in [-0.2, 0) is 4.79 Å². The number of carbonyl (C=O) groups excluding carboxylic acids is 1. The van der Waals surface area contributed by atoms with E-state index in [1.54, 1.807) is 6.92 Å². The van der Waals surface area contributed by atoms with Crippen molar-refractivity contribution in [3.8, 4) is 0 Å². The second kappa shape index (κ2) is 4.73. The van der Waals surface area contributed by atoms with Crippen LogP contribution in [0.4, 0.5) is 0 Å². The predicted octanol–water partition coefficient (Wildman–Crippen LogP) is 1.21. The van der Waals surface area contributed by atoms with Crippen molar-refractivity contribution >= 4 is 23.1 Å². The van der Waals surface area contributed by atoms with Crippen molar-refractivity contribution in [2.45, 2.75) is 39.2 Å². The molecular formula is C10H18N2OS. The molecule has 80 valence electrons. The highest BCUT2D eigenvalue weighted by Crippen LogP contribution is 2.33. The van der Waals surface area contributed by atoms with Gasteiger partial charge in [-0.3, -0.25) is 4.79 Å². The molecule has 2 atom stereocenters. The molecule has 1 rings (SSSR count). The Kier molecular flexibility index (Phi) is 3.86. The van der Waals surface area contributed by atoms with Gasteiger partial charge in [-0.15, -0.1) is 0 Å². The first-order valence-electron chi connectivity index (χ1n) is 5.10. The molecule has 1 aliphatic carbocycles. The molecule has 0 aliphatic heterocycles. The van der Waals surface area contributed by atoms with Gasteiger partial charge in [0, 0.05) is 6.04 Å². The van der Waals surface area contributed by atoms with Gasteiger partial charge in [-0.25, -0.2) is 0 Å². The molecule has 1 fully saturated rings. The Morgan fingerprint density at radius 3 is 2.57 bits per heavy atom. The van der Waals surface area contributed by atoms with Crippen molar-refractivity contribution in [2.75, 3.05) is 0 Å². The van der Waals surface area contributed by atoms with Gasteiger partial charge in [0.05, 0.1) is 10.9 Å². The minimum Gasteiger partial charge on any atom is -0.393 e. The first kappa shape index (κ1) is 11.4. The fourth-order valence-electron chi connectivity index (χ4n) is 1.41. The normalized spacial score (nSPS) is 19.9. The van der Waals surface area contributed by atoms with Crippen LogP contribution in [0.1, 0.15) is 33.1 Å². The van der Waals surface area contributed by atoms with Crippen molar-refractivity contribution in [1.29, 1.82) is 0 Å². The van der Waals surface area contributed by atoms with Gasteiger partial charge >= 0.3 is 0 Å². The molecule has 0 aromatic rings. The van der Waals surface area contributed by atoms with Gasteiger partial charge in [0.2, 0.25) is 5.91 Å². The summed E-state index contributed by atoms with van der Waals surface area (Å²) in [4.78, 5) is 11.8.